The maximum Gasteiger partial charge on any atom is 0.208 e. The summed E-state index contributed by atoms with van der Waals surface area (Å²) < 4.78 is 15.6. The highest BCUT2D eigenvalue weighted by Crippen LogP contribution is 2.31. The third kappa shape index (κ3) is 6.02. The first-order valence-electron chi connectivity index (χ1n) is 12.6. The molecule has 0 unspecified atom stereocenters. The van der Waals surface area contributed by atoms with Gasteiger partial charge in [-0.1, -0.05) is 72.0 Å². The van der Waals surface area contributed by atoms with Crippen LogP contribution in [-0.2, 0) is 31.0 Å². The van der Waals surface area contributed by atoms with E-state index in [0.29, 0.717) is 13.3 Å². The van der Waals surface area contributed by atoms with Crippen LogP contribution in [0.15, 0.2) is 71.2 Å². The third-order valence-electron chi connectivity index (χ3n) is 6.63. The van der Waals surface area contributed by atoms with Crippen LogP contribution in [0.25, 0.3) is 11.0 Å². The molecular weight excluding hydrogens is 530 g/mol. The summed E-state index contributed by atoms with van der Waals surface area (Å²) in [7, 11) is -1.14. The number of hydrogen-bond acceptors (Lipinski definition) is 4. The molecule has 0 fully saturated rings. The van der Waals surface area contributed by atoms with Gasteiger partial charge in [0.25, 0.3) is 0 Å². The minimum Gasteiger partial charge on any atom is -0.489 e. The van der Waals surface area contributed by atoms with Crippen molar-refractivity contribution in [3.8, 4) is 5.75 Å². The standard InChI is InChI=1S/C29H34BrN3O2Si/c1-36(2,3)16-15-34-21-33-28-12-10-25(30)18-27(28)31-29(33)32-14-13-23-9-11-26(17-24(23)19-32)35-20-22-7-5-4-6-8-22/h4-12,17-18H,13-16,19-21H2,1-3H3. The Bertz CT molecular complexity index is 1330. The highest BCUT2D eigenvalue weighted by molar-refractivity contribution is 9.10. The molecule has 0 spiro atoms. The second-order valence-electron chi connectivity index (χ2n) is 10.7. The van der Waals surface area contributed by atoms with Crippen LogP contribution in [0.5, 0.6) is 5.75 Å². The van der Waals surface area contributed by atoms with E-state index in [1.165, 1.54) is 16.7 Å². The summed E-state index contributed by atoms with van der Waals surface area (Å²) in [5.74, 6) is 1.88. The first kappa shape index (κ1) is 25.1. The lowest BCUT2D eigenvalue weighted by atomic mass is 10.00. The fraction of sp³-hybridized carbons (Fsp3) is 0.345. The highest BCUT2D eigenvalue weighted by Gasteiger charge is 2.23. The lowest BCUT2D eigenvalue weighted by Gasteiger charge is -2.30. The minimum absolute atomic E-state index is 0.515. The van der Waals surface area contributed by atoms with Crippen molar-refractivity contribution < 1.29 is 9.47 Å². The van der Waals surface area contributed by atoms with Crippen molar-refractivity contribution in [1.29, 1.82) is 0 Å². The maximum atomic E-state index is 6.19. The summed E-state index contributed by atoms with van der Waals surface area (Å²) in [5, 5.41) is 0. The molecular formula is C29H34BrN3O2Si. The molecule has 36 heavy (non-hydrogen) atoms. The molecule has 0 N–H and O–H groups in total. The average molecular weight is 565 g/mol. The van der Waals surface area contributed by atoms with Crippen LogP contribution in [0.1, 0.15) is 16.7 Å². The predicted molar refractivity (Wildman–Crippen MR) is 154 cm³/mol. The van der Waals surface area contributed by atoms with Crippen LogP contribution in [-0.4, -0.2) is 30.8 Å². The Balaban J connectivity index is 1.36. The van der Waals surface area contributed by atoms with Crippen molar-refractivity contribution in [3.05, 3.63) is 87.9 Å². The van der Waals surface area contributed by atoms with E-state index in [4.69, 9.17) is 14.5 Å². The van der Waals surface area contributed by atoms with Gasteiger partial charge >= 0.3 is 0 Å². The van der Waals surface area contributed by atoms with Gasteiger partial charge in [0, 0.05) is 32.2 Å². The van der Waals surface area contributed by atoms with Crippen LogP contribution >= 0.6 is 15.9 Å². The van der Waals surface area contributed by atoms with Gasteiger partial charge in [-0.3, -0.25) is 4.57 Å². The van der Waals surface area contributed by atoms with Crippen LogP contribution < -0.4 is 9.64 Å². The van der Waals surface area contributed by atoms with E-state index >= 15 is 0 Å². The maximum absolute atomic E-state index is 6.19. The van der Waals surface area contributed by atoms with Gasteiger partial charge in [-0.25, -0.2) is 4.98 Å². The van der Waals surface area contributed by atoms with E-state index in [9.17, 15) is 0 Å². The van der Waals surface area contributed by atoms with Crippen LogP contribution in [0, 0.1) is 0 Å². The van der Waals surface area contributed by atoms with Crippen molar-refractivity contribution >= 4 is 41.0 Å². The molecule has 0 aliphatic carbocycles. The van der Waals surface area contributed by atoms with E-state index in [-0.39, 0.29) is 0 Å². The zero-order chi connectivity index (χ0) is 25.1. The average Bonchev–Trinajstić information content (AvgIpc) is 3.22. The second-order valence-corrected chi connectivity index (χ2v) is 17.2. The quantitative estimate of drug-likeness (QED) is 0.159. The zero-order valence-electron chi connectivity index (χ0n) is 21.3. The van der Waals surface area contributed by atoms with Crippen LogP contribution in [0.3, 0.4) is 0 Å². The Hall–Kier alpha value is -2.61. The van der Waals surface area contributed by atoms with E-state index in [2.05, 4.69) is 93.6 Å². The summed E-state index contributed by atoms with van der Waals surface area (Å²) in [6.45, 7) is 10.8. The molecule has 1 aliphatic rings. The largest absolute Gasteiger partial charge is 0.489 e. The first-order chi connectivity index (χ1) is 17.4. The molecule has 4 aromatic rings. The number of halogens is 1. The molecule has 188 valence electrons. The number of aromatic nitrogens is 2. The van der Waals surface area contributed by atoms with Crippen molar-refractivity contribution in [2.24, 2.45) is 0 Å². The monoisotopic (exact) mass is 563 g/mol. The van der Waals surface area contributed by atoms with Crippen molar-refractivity contribution in [3.63, 3.8) is 0 Å². The molecule has 0 bridgehead atoms. The van der Waals surface area contributed by atoms with Crippen LogP contribution in [0.4, 0.5) is 5.95 Å². The van der Waals surface area contributed by atoms with E-state index in [1.807, 2.05) is 18.2 Å². The summed E-state index contributed by atoms with van der Waals surface area (Å²) in [5.41, 5.74) is 5.94. The number of anilines is 1. The lowest BCUT2D eigenvalue weighted by molar-refractivity contribution is 0.0905. The van der Waals surface area contributed by atoms with E-state index in [0.717, 1.165) is 59.4 Å². The lowest BCUT2D eigenvalue weighted by Crippen LogP contribution is -2.33. The second kappa shape index (κ2) is 10.8. The van der Waals surface area contributed by atoms with Gasteiger partial charge in [0.2, 0.25) is 5.95 Å². The molecule has 0 amide bonds. The number of ether oxygens (including phenoxy) is 2. The topological polar surface area (TPSA) is 39.5 Å². The van der Waals surface area contributed by atoms with Gasteiger partial charge in [-0.2, -0.15) is 0 Å². The van der Waals surface area contributed by atoms with Crippen molar-refractivity contribution in [2.75, 3.05) is 18.1 Å². The summed E-state index contributed by atoms with van der Waals surface area (Å²) in [4.78, 5) is 7.43. The Kier molecular flexibility index (Phi) is 7.51. The molecule has 1 aromatic heterocycles. The Morgan fingerprint density at radius 2 is 1.81 bits per heavy atom. The molecule has 5 rings (SSSR count). The Morgan fingerprint density at radius 3 is 2.61 bits per heavy atom. The number of hydrogen-bond donors (Lipinski definition) is 0. The predicted octanol–water partition coefficient (Wildman–Crippen LogP) is 7.25. The fourth-order valence-electron chi connectivity index (χ4n) is 4.53. The summed E-state index contributed by atoms with van der Waals surface area (Å²) in [6, 6.07) is 24.3. The van der Waals surface area contributed by atoms with E-state index < -0.39 is 8.07 Å². The number of rotatable bonds is 9. The molecule has 3 aromatic carbocycles. The van der Waals surface area contributed by atoms with Crippen molar-refractivity contribution in [1.82, 2.24) is 9.55 Å². The Morgan fingerprint density at radius 1 is 0.972 bits per heavy atom. The van der Waals surface area contributed by atoms with Crippen molar-refractivity contribution in [2.45, 2.75) is 52.0 Å². The van der Waals surface area contributed by atoms with Crippen LogP contribution in [0.2, 0.25) is 25.7 Å². The summed E-state index contributed by atoms with van der Waals surface area (Å²) >= 11 is 3.61. The van der Waals surface area contributed by atoms with Gasteiger partial charge < -0.3 is 14.4 Å². The van der Waals surface area contributed by atoms with Gasteiger partial charge in [-0.05, 0) is 59.5 Å². The van der Waals surface area contributed by atoms with Gasteiger partial charge in [0.15, 0.2) is 0 Å². The molecule has 7 heteroatoms. The number of imidazole rings is 1. The number of benzene rings is 3. The Labute approximate surface area is 223 Å². The van der Waals surface area contributed by atoms with Gasteiger partial charge in [0.1, 0.15) is 19.1 Å². The summed E-state index contributed by atoms with van der Waals surface area (Å²) in [6.07, 6.45) is 0.984. The highest BCUT2D eigenvalue weighted by atomic mass is 79.9. The molecule has 0 saturated carbocycles. The third-order valence-corrected chi connectivity index (χ3v) is 8.83. The molecule has 0 saturated heterocycles. The fourth-order valence-corrected chi connectivity index (χ4v) is 5.63. The molecule has 0 atom stereocenters. The normalized spacial score (nSPS) is 13.7. The molecule has 2 heterocycles. The van der Waals surface area contributed by atoms with Gasteiger partial charge in [-0.15, -0.1) is 0 Å². The minimum atomic E-state index is -1.14. The number of nitrogens with zero attached hydrogens (tertiary/aromatic N) is 3. The molecule has 0 radical (unpaired) electrons. The molecule has 5 nitrogen and oxygen atoms in total. The molecule has 1 aliphatic heterocycles. The first-order valence-corrected chi connectivity index (χ1v) is 17.1. The van der Waals surface area contributed by atoms with Gasteiger partial charge in [0.05, 0.1) is 11.0 Å². The number of fused-ring (bicyclic) bond motifs is 2. The van der Waals surface area contributed by atoms with E-state index in [1.54, 1.807) is 0 Å². The smallest absolute Gasteiger partial charge is 0.208 e. The zero-order valence-corrected chi connectivity index (χ0v) is 23.9. The SMILES string of the molecule is C[Si](C)(C)CCOCn1c(N2CCc3ccc(OCc4ccccc4)cc3C2)nc2cc(Br)ccc21.